The summed E-state index contributed by atoms with van der Waals surface area (Å²) in [5.41, 5.74) is -0.129. The van der Waals surface area contributed by atoms with Gasteiger partial charge in [-0.05, 0) is 13.8 Å². The summed E-state index contributed by atoms with van der Waals surface area (Å²) in [5.74, 6) is -1.46. The first-order chi connectivity index (χ1) is 8.82. The van der Waals surface area contributed by atoms with Crippen LogP contribution in [0.25, 0.3) is 0 Å². The number of H-pyrrole nitrogens is 1. The highest BCUT2D eigenvalue weighted by molar-refractivity contribution is 5.93. The first-order valence-corrected chi connectivity index (χ1v) is 5.68. The van der Waals surface area contributed by atoms with E-state index in [1.54, 1.807) is 13.8 Å². The van der Waals surface area contributed by atoms with Crippen LogP contribution in [0.3, 0.4) is 0 Å². The van der Waals surface area contributed by atoms with Gasteiger partial charge in [0, 0.05) is 18.7 Å². The molecule has 0 aliphatic rings. The van der Waals surface area contributed by atoms with Gasteiger partial charge in [-0.2, -0.15) is 0 Å². The van der Waals surface area contributed by atoms with E-state index in [1.807, 2.05) is 0 Å². The van der Waals surface area contributed by atoms with Gasteiger partial charge in [0.2, 0.25) is 0 Å². The molecule has 104 valence electrons. The second kappa shape index (κ2) is 5.98. The van der Waals surface area contributed by atoms with Crippen LogP contribution in [0.2, 0.25) is 0 Å². The van der Waals surface area contributed by atoms with E-state index in [0.29, 0.717) is 0 Å². The Morgan fingerprint density at radius 1 is 1.53 bits per heavy atom. The lowest BCUT2D eigenvalue weighted by Gasteiger charge is -2.25. The standard InChI is InChI=1S/C11H15N3O5/c1-7(2)13(4-3-10(15)16)11(17)9-5-8(6-12-9)14(18)19/h5-7,12H,3-4H2,1-2H3,(H,15,16). The van der Waals surface area contributed by atoms with Crippen LogP contribution < -0.4 is 0 Å². The zero-order valence-corrected chi connectivity index (χ0v) is 10.6. The van der Waals surface area contributed by atoms with Crippen molar-refractivity contribution in [2.24, 2.45) is 0 Å². The number of nitrogens with zero attached hydrogens (tertiary/aromatic N) is 2. The molecule has 0 radical (unpaired) electrons. The molecule has 0 atom stereocenters. The minimum atomic E-state index is -1.00. The number of hydrogen-bond donors (Lipinski definition) is 2. The summed E-state index contributed by atoms with van der Waals surface area (Å²) in [6, 6.07) is 0.938. The maximum atomic E-state index is 12.1. The highest BCUT2D eigenvalue weighted by Gasteiger charge is 2.22. The van der Waals surface area contributed by atoms with Crippen molar-refractivity contribution >= 4 is 17.6 Å². The number of carbonyl (C=O) groups excluding carboxylic acids is 1. The first-order valence-electron chi connectivity index (χ1n) is 5.68. The van der Waals surface area contributed by atoms with Crippen molar-refractivity contribution in [3.05, 3.63) is 28.1 Å². The van der Waals surface area contributed by atoms with E-state index in [-0.39, 0.29) is 30.4 Å². The first kappa shape index (κ1) is 14.7. The number of amides is 1. The molecule has 1 heterocycles. The van der Waals surface area contributed by atoms with Crippen LogP contribution in [0, 0.1) is 10.1 Å². The van der Waals surface area contributed by atoms with Gasteiger partial charge < -0.3 is 15.0 Å². The average Bonchev–Trinajstić information content (AvgIpc) is 2.77. The molecule has 0 spiro atoms. The lowest BCUT2D eigenvalue weighted by molar-refractivity contribution is -0.384. The predicted molar refractivity (Wildman–Crippen MR) is 65.9 cm³/mol. The molecule has 0 aliphatic heterocycles. The van der Waals surface area contributed by atoms with Gasteiger partial charge in [0.05, 0.1) is 17.5 Å². The Hall–Kier alpha value is -2.38. The van der Waals surface area contributed by atoms with E-state index in [1.165, 1.54) is 4.90 Å². The molecule has 8 nitrogen and oxygen atoms in total. The number of aliphatic carboxylic acids is 1. The van der Waals surface area contributed by atoms with Crippen molar-refractivity contribution in [2.45, 2.75) is 26.3 Å². The van der Waals surface area contributed by atoms with Crippen molar-refractivity contribution in [3.8, 4) is 0 Å². The lowest BCUT2D eigenvalue weighted by Crippen LogP contribution is -2.38. The molecule has 0 bridgehead atoms. The smallest absolute Gasteiger partial charge is 0.305 e. The number of aromatic amines is 1. The summed E-state index contributed by atoms with van der Waals surface area (Å²) in [6.45, 7) is 3.55. The van der Waals surface area contributed by atoms with Gasteiger partial charge in [-0.15, -0.1) is 0 Å². The Labute approximate surface area is 109 Å². The number of carboxylic acids is 1. The topological polar surface area (TPSA) is 117 Å². The van der Waals surface area contributed by atoms with E-state index in [2.05, 4.69) is 4.98 Å². The second-order valence-corrected chi connectivity index (χ2v) is 4.26. The summed E-state index contributed by atoms with van der Waals surface area (Å²) in [6.07, 6.45) is 0.954. The molecule has 1 aromatic rings. The van der Waals surface area contributed by atoms with Crippen molar-refractivity contribution in [3.63, 3.8) is 0 Å². The van der Waals surface area contributed by atoms with Crippen LogP contribution >= 0.6 is 0 Å². The Balaban J connectivity index is 2.86. The number of aromatic nitrogens is 1. The fraction of sp³-hybridized carbons (Fsp3) is 0.455. The van der Waals surface area contributed by atoms with E-state index in [4.69, 9.17) is 5.11 Å². The molecule has 1 rings (SSSR count). The van der Waals surface area contributed by atoms with Gasteiger partial charge in [0.1, 0.15) is 5.69 Å². The molecule has 0 aromatic carbocycles. The Bertz CT molecular complexity index is 494. The quantitative estimate of drug-likeness (QED) is 0.595. The number of rotatable bonds is 6. The van der Waals surface area contributed by atoms with Crippen molar-refractivity contribution in [1.29, 1.82) is 0 Å². The molecule has 0 unspecified atom stereocenters. The van der Waals surface area contributed by atoms with Gasteiger partial charge in [0.15, 0.2) is 0 Å². The fourth-order valence-electron chi connectivity index (χ4n) is 1.58. The van der Waals surface area contributed by atoms with Crippen LogP contribution in [0.15, 0.2) is 12.3 Å². The summed E-state index contributed by atoms with van der Waals surface area (Å²) in [7, 11) is 0. The number of carbonyl (C=O) groups is 2. The SMILES string of the molecule is CC(C)N(CCC(=O)O)C(=O)c1cc([N+](=O)[O-])c[nH]1. The number of nitrogens with one attached hydrogen (secondary N) is 1. The minimum Gasteiger partial charge on any atom is -0.481 e. The van der Waals surface area contributed by atoms with Crippen molar-refractivity contribution < 1.29 is 19.6 Å². The number of hydrogen-bond acceptors (Lipinski definition) is 4. The van der Waals surface area contributed by atoms with E-state index in [0.717, 1.165) is 12.3 Å². The Morgan fingerprint density at radius 2 is 2.16 bits per heavy atom. The van der Waals surface area contributed by atoms with Crippen LogP contribution in [-0.4, -0.2) is 44.4 Å². The average molecular weight is 269 g/mol. The van der Waals surface area contributed by atoms with Crippen molar-refractivity contribution in [2.75, 3.05) is 6.54 Å². The van der Waals surface area contributed by atoms with Gasteiger partial charge in [-0.25, -0.2) is 0 Å². The molecule has 0 aliphatic carbocycles. The van der Waals surface area contributed by atoms with Gasteiger partial charge in [-0.3, -0.25) is 19.7 Å². The van der Waals surface area contributed by atoms with E-state index < -0.39 is 16.8 Å². The van der Waals surface area contributed by atoms with Crippen LogP contribution in [0.4, 0.5) is 5.69 Å². The minimum absolute atomic E-state index is 0.0542. The molecule has 8 heteroatoms. The largest absolute Gasteiger partial charge is 0.481 e. The zero-order chi connectivity index (χ0) is 14.6. The molecule has 0 saturated heterocycles. The molecule has 2 N–H and O–H groups in total. The molecule has 1 amide bonds. The highest BCUT2D eigenvalue weighted by atomic mass is 16.6. The van der Waals surface area contributed by atoms with Gasteiger partial charge >= 0.3 is 5.97 Å². The maximum absolute atomic E-state index is 12.1. The second-order valence-electron chi connectivity index (χ2n) is 4.26. The Morgan fingerprint density at radius 3 is 2.58 bits per heavy atom. The molecule has 0 saturated carbocycles. The van der Waals surface area contributed by atoms with Crippen LogP contribution in [0.1, 0.15) is 30.8 Å². The van der Waals surface area contributed by atoms with Crippen molar-refractivity contribution in [1.82, 2.24) is 9.88 Å². The lowest BCUT2D eigenvalue weighted by atomic mass is 10.2. The maximum Gasteiger partial charge on any atom is 0.305 e. The van der Waals surface area contributed by atoms with E-state index in [9.17, 15) is 19.7 Å². The summed E-state index contributed by atoms with van der Waals surface area (Å²) < 4.78 is 0. The third-order valence-corrected chi connectivity index (χ3v) is 2.56. The normalized spacial score (nSPS) is 10.5. The zero-order valence-electron chi connectivity index (χ0n) is 10.6. The number of carboxylic acid groups (broad SMARTS) is 1. The van der Waals surface area contributed by atoms with Gasteiger partial charge in [-0.1, -0.05) is 0 Å². The number of nitro groups is 1. The monoisotopic (exact) mass is 269 g/mol. The van der Waals surface area contributed by atoms with Crippen LogP contribution in [0.5, 0.6) is 0 Å². The molecule has 0 fully saturated rings. The third-order valence-electron chi connectivity index (χ3n) is 2.56. The highest BCUT2D eigenvalue weighted by Crippen LogP contribution is 2.15. The van der Waals surface area contributed by atoms with E-state index >= 15 is 0 Å². The predicted octanol–water partition coefficient (Wildman–Crippen LogP) is 1.25. The summed E-state index contributed by atoms with van der Waals surface area (Å²) in [5, 5.41) is 19.2. The molecule has 1 aromatic heterocycles. The van der Waals surface area contributed by atoms with Crippen LogP contribution in [-0.2, 0) is 4.79 Å². The summed E-state index contributed by atoms with van der Waals surface area (Å²) >= 11 is 0. The molecular weight excluding hydrogens is 254 g/mol. The third kappa shape index (κ3) is 3.80. The Kier molecular flexibility index (Phi) is 4.62. The fourth-order valence-corrected chi connectivity index (χ4v) is 1.58. The van der Waals surface area contributed by atoms with Gasteiger partial charge in [0.25, 0.3) is 11.6 Å². The molecular formula is C11H15N3O5. The summed E-state index contributed by atoms with van der Waals surface area (Å²) in [4.78, 5) is 36.5. The molecule has 19 heavy (non-hydrogen) atoms.